The molecule has 0 aromatic carbocycles. The minimum Gasteiger partial charge on any atom is -0.481 e. The van der Waals surface area contributed by atoms with Gasteiger partial charge in [-0.1, -0.05) is 0 Å². The standard InChI is InChI=1S/C8H14N2O5/c1-3(11)10-7-6(13)5(12)4(2-9-7)8(14)15/h4-7,9,12-13H,2H2,1H3,(H,10,11)(H,14,15)/t4-,5-,6-,7-/m0/s1. The fourth-order valence-electron chi connectivity index (χ4n) is 1.52. The maximum Gasteiger partial charge on any atom is 0.310 e. The summed E-state index contributed by atoms with van der Waals surface area (Å²) in [7, 11) is 0. The van der Waals surface area contributed by atoms with Gasteiger partial charge in [-0.3, -0.25) is 14.9 Å². The number of carboxylic acids is 1. The van der Waals surface area contributed by atoms with Crippen molar-refractivity contribution in [2.45, 2.75) is 25.3 Å². The molecule has 1 aliphatic rings. The molecule has 7 heteroatoms. The van der Waals surface area contributed by atoms with Crippen molar-refractivity contribution in [3.63, 3.8) is 0 Å². The summed E-state index contributed by atoms with van der Waals surface area (Å²) < 4.78 is 0. The molecule has 5 N–H and O–H groups in total. The van der Waals surface area contributed by atoms with E-state index in [1.54, 1.807) is 0 Å². The molecule has 0 bridgehead atoms. The molecule has 1 amide bonds. The van der Waals surface area contributed by atoms with Gasteiger partial charge in [0.05, 0.1) is 12.0 Å². The summed E-state index contributed by atoms with van der Waals surface area (Å²) in [5.41, 5.74) is 0. The number of carbonyl (C=O) groups excluding carboxylic acids is 1. The van der Waals surface area contributed by atoms with Gasteiger partial charge in [0.25, 0.3) is 0 Å². The lowest BCUT2D eigenvalue weighted by atomic mass is 9.92. The molecule has 15 heavy (non-hydrogen) atoms. The van der Waals surface area contributed by atoms with Gasteiger partial charge < -0.3 is 20.6 Å². The third kappa shape index (κ3) is 2.65. The highest BCUT2D eigenvalue weighted by Crippen LogP contribution is 2.15. The monoisotopic (exact) mass is 218 g/mol. The first-order valence-corrected chi connectivity index (χ1v) is 4.53. The van der Waals surface area contributed by atoms with E-state index in [1.807, 2.05) is 0 Å². The molecule has 0 aromatic heterocycles. The minimum atomic E-state index is -1.39. The van der Waals surface area contributed by atoms with Crippen molar-refractivity contribution in [3.05, 3.63) is 0 Å². The highest BCUT2D eigenvalue weighted by Gasteiger charge is 2.41. The Morgan fingerprint density at radius 2 is 1.93 bits per heavy atom. The van der Waals surface area contributed by atoms with E-state index in [9.17, 15) is 19.8 Å². The van der Waals surface area contributed by atoms with Crippen LogP contribution in [0, 0.1) is 5.92 Å². The van der Waals surface area contributed by atoms with Crippen LogP contribution in [0.15, 0.2) is 0 Å². The molecule has 1 heterocycles. The van der Waals surface area contributed by atoms with Crippen LogP contribution in [-0.4, -0.2) is 52.1 Å². The van der Waals surface area contributed by atoms with Gasteiger partial charge in [0.15, 0.2) is 0 Å². The maximum absolute atomic E-state index is 10.7. The fourth-order valence-corrected chi connectivity index (χ4v) is 1.52. The number of hydrogen-bond donors (Lipinski definition) is 5. The summed E-state index contributed by atoms with van der Waals surface area (Å²) in [6.07, 6.45) is -3.53. The summed E-state index contributed by atoms with van der Waals surface area (Å²) in [6.45, 7) is 1.27. The van der Waals surface area contributed by atoms with Crippen LogP contribution in [0.2, 0.25) is 0 Å². The maximum atomic E-state index is 10.7. The number of amides is 1. The van der Waals surface area contributed by atoms with Crippen molar-refractivity contribution < 1.29 is 24.9 Å². The van der Waals surface area contributed by atoms with E-state index in [0.717, 1.165) is 0 Å². The Morgan fingerprint density at radius 3 is 2.40 bits per heavy atom. The lowest BCUT2D eigenvalue weighted by Gasteiger charge is -2.36. The van der Waals surface area contributed by atoms with Gasteiger partial charge in [0.1, 0.15) is 12.3 Å². The average molecular weight is 218 g/mol. The molecule has 86 valence electrons. The predicted molar refractivity (Wildman–Crippen MR) is 48.7 cm³/mol. The molecular formula is C8H14N2O5. The summed E-state index contributed by atoms with van der Waals surface area (Å²) in [5, 5.41) is 32.7. The number of hydrogen-bond acceptors (Lipinski definition) is 5. The van der Waals surface area contributed by atoms with Crippen molar-refractivity contribution in [1.82, 2.24) is 10.6 Å². The second-order valence-electron chi connectivity index (χ2n) is 3.51. The lowest BCUT2D eigenvalue weighted by Crippen LogP contribution is -2.64. The molecule has 4 atom stereocenters. The number of aliphatic carboxylic acids is 1. The second-order valence-corrected chi connectivity index (χ2v) is 3.51. The number of carboxylic acid groups (broad SMARTS) is 1. The zero-order valence-electron chi connectivity index (χ0n) is 8.17. The van der Waals surface area contributed by atoms with E-state index < -0.39 is 30.3 Å². The second kappa shape index (κ2) is 4.56. The minimum absolute atomic E-state index is 0.00148. The molecule has 0 spiro atoms. The van der Waals surface area contributed by atoms with Crippen LogP contribution >= 0.6 is 0 Å². The summed E-state index contributed by atoms with van der Waals surface area (Å²) >= 11 is 0. The Kier molecular flexibility index (Phi) is 3.61. The Hall–Kier alpha value is -1.18. The Balaban J connectivity index is 2.64. The van der Waals surface area contributed by atoms with Crippen LogP contribution in [0.25, 0.3) is 0 Å². The van der Waals surface area contributed by atoms with E-state index in [1.165, 1.54) is 6.92 Å². The first-order chi connectivity index (χ1) is 6.93. The number of carbonyl (C=O) groups is 2. The van der Waals surface area contributed by atoms with Gasteiger partial charge in [0, 0.05) is 13.5 Å². The van der Waals surface area contributed by atoms with Gasteiger partial charge in [-0.2, -0.15) is 0 Å². The normalized spacial score (nSPS) is 35.9. The smallest absolute Gasteiger partial charge is 0.310 e. The van der Waals surface area contributed by atoms with Crippen molar-refractivity contribution >= 4 is 11.9 Å². The van der Waals surface area contributed by atoms with Crippen LogP contribution < -0.4 is 10.6 Å². The Morgan fingerprint density at radius 1 is 1.33 bits per heavy atom. The average Bonchev–Trinajstić information content (AvgIpc) is 2.12. The van der Waals surface area contributed by atoms with E-state index in [0.29, 0.717) is 0 Å². The third-order valence-electron chi connectivity index (χ3n) is 2.34. The van der Waals surface area contributed by atoms with Crippen molar-refractivity contribution in [2.24, 2.45) is 5.92 Å². The van der Waals surface area contributed by atoms with Crippen molar-refractivity contribution in [1.29, 1.82) is 0 Å². The molecule has 7 nitrogen and oxygen atoms in total. The summed E-state index contributed by atoms with van der Waals surface area (Å²) in [4.78, 5) is 21.4. The Labute approximate surface area is 86.1 Å². The number of rotatable bonds is 2. The highest BCUT2D eigenvalue weighted by atomic mass is 16.4. The number of nitrogens with one attached hydrogen (secondary N) is 2. The van der Waals surface area contributed by atoms with Gasteiger partial charge in [-0.15, -0.1) is 0 Å². The zero-order chi connectivity index (χ0) is 11.6. The van der Waals surface area contributed by atoms with Gasteiger partial charge >= 0.3 is 5.97 Å². The molecule has 0 aromatic rings. The van der Waals surface area contributed by atoms with Crippen LogP contribution in [-0.2, 0) is 9.59 Å². The van der Waals surface area contributed by atoms with Crippen molar-refractivity contribution in [3.8, 4) is 0 Å². The highest BCUT2D eigenvalue weighted by molar-refractivity contribution is 5.74. The lowest BCUT2D eigenvalue weighted by molar-refractivity contribution is -0.153. The summed E-state index contributed by atoms with van der Waals surface area (Å²) in [6, 6.07) is 0. The van der Waals surface area contributed by atoms with Gasteiger partial charge in [-0.25, -0.2) is 0 Å². The molecule has 0 aliphatic carbocycles. The molecule has 1 rings (SSSR count). The van der Waals surface area contributed by atoms with E-state index in [4.69, 9.17) is 5.11 Å². The Bertz CT molecular complexity index is 268. The predicted octanol–water partition coefficient (Wildman–Crippen LogP) is -2.53. The largest absolute Gasteiger partial charge is 0.481 e. The van der Waals surface area contributed by atoms with Gasteiger partial charge in [0.2, 0.25) is 5.91 Å². The molecule has 0 unspecified atom stereocenters. The molecule has 0 saturated carbocycles. The first kappa shape index (κ1) is 11.9. The number of piperidine rings is 1. The number of aliphatic hydroxyl groups excluding tert-OH is 2. The van der Waals surface area contributed by atoms with Crippen LogP contribution in [0.1, 0.15) is 6.92 Å². The molecular weight excluding hydrogens is 204 g/mol. The van der Waals surface area contributed by atoms with Crippen molar-refractivity contribution in [2.75, 3.05) is 6.54 Å². The van der Waals surface area contributed by atoms with E-state index in [-0.39, 0.29) is 12.5 Å². The topological polar surface area (TPSA) is 119 Å². The number of aliphatic hydroxyl groups is 2. The SMILES string of the molecule is CC(=O)N[C@@H]1NC[C@H](C(=O)O)[C@H](O)[C@@H]1O. The summed E-state index contributed by atoms with van der Waals surface area (Å²) in [5.74, 6) is -2.62. The van der Waals surface area contributed by atoms with E-state index in [2.05, 4.69) is 10.6 Å². The van der Waals surface area contributed by atoms with Crippen LogP contribution in [0.4, 0.5) is 0 Å². The van der Waals surface area contributed by atoms with Crippen LogP contribution in [0.5, 0.6) is 0 Å². The quantitative estimate of drug-likeness (QED) is 0.349. The fraction of sp³-hybridized carbons (Fsp3) is 0.750. The van der Waals surface area contributed by atoms with Crippen LogP contribution in [0.3, 0.4) is 0 Å². The third-order valence-corrected chi connectivity index (χ3v) is 2.34. The first-order valence-electron chi connectivity index (χ1n) is 4.53. The van der Waals surface area contributed by atoms with E-state index >= 15 is 0 Å². The molecule has 1 aliphatic heterocycles. The molecule has 1 fully saturated rings. The van der Waals surface area contributed by atoms with Gasteiger partial charge in [-0.05, 0) is 0 Å². The molecule has 0 radical (unpaired) electrons. The molecule has 1 saturated heterocycles. The zero-order valence-corrected chi connectivity index (χ0v) is 8.17.